The second kappa shape index (κ2) is 11.3. The summed E-state index contributed by atoms with van der Waals surface area (Å²) in [6.07, 6.45) is 6.56. The maximum absolute atomic E-state index is 13.5. The van der Waals surface area contributed by atoms with Crippen LogP contribution in [0.3, 0.4) is 0 Å². The van der Waals surface area contributed by atoms with Crippen molar-refractivity contribution >= 4 is 39.6 Å². The molecule has 39 heavy (non-hydrogen) atoms. The van der Waals surface area contributed by atoms with Crippen LogP contribution in [0.25, 0.3) is 10.9 Å². The number of piperidine rings is 1. The fourth-order valence-corrected chi connectivity index (χ4v) is 5.53. The van der Waals surface area contributed by atoms with E-state index in [0.29, 0.717) is 17.9 Å². The first-order valence-corrected chi connectivity index (χ1v) is 13.4. The second-order valence-electron chi connectivity index (χ2n) is 10.5. The van der Waals surface area contributed by atoms with Gasteiger partial charge < -0.3 is 42.5 Å². The standard InChI is InChI=1S/C28H38N10O/c1-18-16-38(17-22(31)26(18)33-8-6-29)25-5-7-32-15-24(25)35-28(39)27-21(30)13-19-3-4-20(14-23(19)34-27)37-11-9-36(2)10-12-37/h3-8,13-15,18,22,26,33H,9-12,16-17,29-31H2,1-2H3,(H,35,39)/b8-6-/t18-,22+,26-/m0/s1. The van der Waals surface area contributed by atoms with E-state index in [-0.39, 0.29) is 29.6 Å². The number of benzene rings is 1. The first kappa shape index (κ1) is 26.5. The van der Waals surface area contributed by atoms with Crippen LogP contribution in [0.2, 0.25) is 0 Å². The summed E-state index contributed by atoms with van der Waals surface area (Å²) in [5.74, 6) is -0.135. The van der Waals surface area contributed by atoms with E-state index in [0.717, 1.165) is 55.0 Å². The molecule has 0 spiro atoms. The molecule has 4 heterocycles. The van der Waals surface area contributed by atoms with Gasteiger partial charge in [0.05, 0.1) is 28.8 Å². The van der Waals surface area contributed by atoms with Gasteiger partial charge in [0.1, 0.15) is 0 Å². The van der Waals surface area contributed by atoms with Gasteiger partial charge in [-0.1, -0.05) is 13.0 Å². The summed E-state index contributed by atoms with van der Waals surface area (Å²) >= 11 is 0. The van der Waals surface area contributed by atoms with E-state index in [1.807, 2.05) is 24.3 Å². The van der Waals surface area contributed by atoms with Crippen LogP contribution in [0.5, 0.6) is 0 Å². The number of anilines is 4. The van der Waals surface area contributed by atoms with Crippen molar-refractivity contribution in [1.29, 1.82) is 0 Å². The predicted octanol–water partition coefficient (Wildman–Crippen LogP) is 1.39. The molecule has 0 radical (unpaired) electrons. The van der Waals surface area contributed by atoms with Crippen LogP contribution in [0.1, 0.15) is 17.4 Å². The number of rotatable bonds is 6. The predicted molar refractivity (Wildman–Crippen MR) is 158 cm³/mol. The molecule has 8 N–H and O–H groups in total. The SMILES string of the molecule is C[C@H]1CN(c2ccncc2NC(=O)c2nc3cc(N4CCN(C)CC4)ccc3cc2N)C[C@@H](N)[C@H]1N/C=C\N. The van der Waals surface area contributed by atoms with Gasteiger partial charge in [-0.15, -0.1) is 0 Å². The fourth-order valence-electron chi connectivity index (χ4n) is 5.53. The summed E-state index contributed by atoms with van der Waals surface area (Å²) in [7, 11) is 2.13. The summed E-state index contributed by atoms with van der Waals surface area (Å²) in [5, 5.41) is 7.19. The third kappa shape index (κ3) is 5.69. The Bertz CT molecular complexity index is 1340. The fraction of sp³-hybridized carbons (Fsp3) is 0.393. The zero-order valence-electron chi connectivity index (χ0n) is 22.5. The van der Waals surface area contributed by atoms with Crippen molar-refractivity contribution in [1.82, 2.24) is 20.2 Å². The van der Waals surface area contributed by atoms with Crippen molar-refractivity contribution in [2.45, 2.75) is 19.0 Å². The second-order valence-corrected chi connectivity index (χ2v) is 10.5. The number of likely N-dealkylation sites (N-methyl/N-ethyl adjacent to an activating group) is 1. The lowest BCUT2D eigenvalue weighted by Gasteiger charge is -2.42. The van der Waals surface area contributed by atoms with Crippen molar-refractivity contribution < 1.29 is 4.79 Å². The molecular weight excluding hydrogens is 492 g/mol. The Kier molecular flexibility index (Phi) is 7.71. The minimum atomic E-state index is -0.379. The monoisotopic (exact) mass is 530 g/mol. The minimum Gasteiger partial charge on any atom is -0.403 e. The molecule has 3 atom stereocenters. The van der Waals surface area contributed by atoms with Crippen molar-refractivity contribution in [3.8, 4) is 0 Å². The van der Waals surface area contributed by atoms with Crippen LogP contribution in [0.15, 0.2) is 55.1 Å². The number of aromatic nitrogens is 2. The highest BCUT2D eigenvalue weighted by atomic mass is 16.1. The lowest BCUT2D eigenvalue weighted by molar-refractivity contribution is 0.102. The highest BCUT2D eigenvalue weighted by molar-refractivity contribution is 6.09. The summed E-state index contributed by atoms with van der Waals surface area (Å²) in [6.45, 7) is 7.43. The molecule has 2 saturated heterocycles. The summed E-state index contributed by atoms with van der Waals surface area (Å²) in [6, 6.07) is 9.80. The molecule has 0 saturated carbocycles. The topological polar surface area (TPSA) is 155 Å². The van der Waals surface area contributed by atoms with Gasteiger partial charge in [-0.3, -0.25) is 9.78 Å². The zero-order chi connectivity index (χ0) is 27.5. The van der Waals surface area contributed by atoms with Crippen LogP contribution in [0.4, 0.5) is 22.7 Å². The number of carbonyl (C=O) groups excluding carboxylic acids is 1. The maximum atomic E-state index is 13.5. The Morgan fingerprint density at radius 3 is 2.64 bits per heavy atom. The highest BCUT2D eigenvalue weighted by Crippen LogP contribution is 2.30. The molecule has 5 rings (SSSR count). The number of hydrogen-bond donors (Lipinski definition) is 5. The van der Waals surface area contributed by atoms with Crippen LogP contribution in [-0.4, -0.2) is 79.2 Å². The Balaban J connectivity index is 1.36. The van der Waals surface area contributed by atoms with Crippen LogP contribution in [-0.2, 0) is 0 Å². The molecule has 11 heteroatoms. The normalized spacial score (nSPS) is 22.4. The number of amides is 1. The molecule has 3 aromatic rings. The molecular formula is C28H38N10O. The highest BCUT2D eigenvalue weighted by Gasteiger charge is 2.33. The van der Waals surface area contributed by atoms with Crippen LogP contribution in [0, 0.1) is 5.92 Å². The molecule has 0 aliphatic carbocycles. The summed E-state index contributed by atoms with van der Waals surface area (Å²) in [5.41, 5.74) is 22.1. The Hall–Kier alpha value is -4.09. The van der Waals surface area contributed by atoms with Crippen molar-refractivity contribution in [3.05, 3.63) is 60.8 Å². The average Bonchev–Trinajstić information content (AvgIpc) is 2.92. The molecule has 1 aromatic carbocycles. The first-order chi connectivity index (χ1) is 18.8. The number of carbonyl (C=O) groups is 1. The van der Waals surface area contributed by atoms with Gasteiger partial charge in [0.15, 0.2) is 5.69 Å². The van der Waals surface area contributed by atoms with E-state index in [9.17, 15) is 4.79 Å². The third-order valence-electron chi connectivity index (χ3n) is 7.70. The molecule has 11 nitrogen and oxygen atoms in total. The van der Waals surface area contributed by atoms with Gasteiger partial charge in [0.25, 0.3) is 5.91 Å². The van der Waals surface area contributed by atoms with Crippen LogP contribution >= 0.6 is 0 Å². The quantitative estimate of drug-likeness (QED) is 0.316. The van der Waals surface area contributed by atoms with E-state index in [1.54, 1.807) is 18.6 Å². The average molecular weight is 531 g/mol. The van der Waals surface area contributed by atoms with Gasteiger partial charge in [0.2, 0.25) is 0 Å². The van der Waals surface area contributed by atoms with Crippen molar-refractivity contribution in [3.63, 3.8) is 0 Å². The molecule has 2 aromatic heterocycles. The number of nitrogen functional groups attached to an aromatic ring is 1. The zero-order valence-corrected chi connectivity index (χ0v) is 22.5. The van der Waals surface area contributed by atoms with Crippen molar-refractivity contribution in [2.24, 2.45) is 17.4 Å². The summed E-state index contributed by atoms with van der Waals surface area (Å²) < 4.78 is 0. The van der Waals surface area contributed by atoms with E-state index in [4.69, 9.17) is 22.2 Å². The maximum Gasteiger partial charge on any atom is 0.276 e. The number of hydrogen-bond acceptors (Lipinski definition) is 10. The third-order valence-corrected chi connectivity index (χ3v) is 7.70. The molecule has 0 bridgehead atoms. The largest absolute Gasteiger partial charge is 0.403 e. The summed E-state index contributed by atoms with van der Waals surface area (Å²) in [4.78, 5) is 29.2. The van der Waals surface area contributed by atoms with E-state index < -0.39 is 0 Å². The smallest absolute Gasteiger partial charge is 0.276 e. The first-order valence-electron chi connectivity index (χ1n) is 13.4. The van der Waals surface area contributed by atoms with Gasteiger partial charge in [0, 0.05) is 81.0 Å². The van der Waals surface area contributed by atoms with Crippen LogP contribution < -0.4 is 37.6 Å². The number of pyridine rings is 2. The number of nitrogens with one attached hydrogen (secondary N) is 2. The molecule has 1 amide bonds. The Labute approximate surface area is 229 Å². The van der Waals surface area contributed by atoms with Gasteiger partial charge in [-0.25, -0.2) is 4.98 Å². The number of nitrogens with zero attached hydrogens (tertiary/aromatic N) is 5. The number of piperazine rings is 1. The molecule has 206 valence electrons. The van der Waals surface area contributed by atoms with E-state index in [1.165, 1.54) is 6.20 Å². The number of fused-ring (bicyclic) bond motifs is 1. The molecule has 2 fully saturated rings. The molecule has 2 aliphatic heterocycles. The molecule has 2 aliphatic rings. The number of nitrogens with two attached hydrogens (primary N) is 3. The lowest BCUT2D eigenvalue weighted by Crippen LogP contribution is -2.60. The Morgan fingerprint density at radius 1 is 1.10 bits per heavy atom. The van der Waals surface area contributed by atoms with Gasteiger partial charge in [-0.05, 0) is 37.2 Å². The minimum absolute atomic E-state index is 0.0956. The van der Waals surface area contributed by atoms with E-state index >= 15 is 0 Å². The van der Waals surface area contributed by atoms with Gasteiger partial charge >= 0.3 is 0 Å². The van der Waals surface area contributed by atoms with Crippen molar-refractivity contribution in [2.75, 3.05) is 67.2 Å². The lowest BCUT2D eigenvalue weighted by atomic mass is 9.90. The Morgan fingerprint density at radius 2 is 1.90 bits per heavy atom. The molecule has 0 unspecified atom stereocenters. The van der Waals surface area contributed by atoms with Gasteiger partial charge in [-0.2, -0.15) is 0 Å². The van der Waals surface area contributed by atoms with E-state index in [2.05, 4.69) is 50.4 Å².